The zero-order valence-corrected chi connectivity index (χ0v) is 12.5. The predicted molar refractivity (Wildman–Crippen MR) is 78.4 cm³/mol. The molecule has 0 aliphatic rings. The number of aromatic nitrogens is 2. The summed E-state index contributed by atoms with van der Waals surface area (Å²) in [4.78, 5) is 38.2. The highest BCUT2D eigenvalue weighted by Gasteiger charge is 2.14. The molecule has 0 aliphatic heterocycles. The van der Waals surface area contributed by atoms with Gasteiger partial charge < -0.3 is 0 Å². The van der Waals surface area contributed by atoms with Gasteiger partial charge in [0.25, 0.3) is 11.2 Å². The van der Waals surface area contributed by atoms with Crippen LogP contribution in [-0.2, 0) is 6.54 Å². The van der Waals surface area contributed by atoms with Gasteiger partial charge in [0.2, 0.25) is 0 Å². The number of hydrogen-bond donors (Lipinski definition) is 0. The lowest BCUT2D eigenvalue weighted by Gasteiger charge is -2.06. The number of nitro benzene ring substituents is 1. The summed E-state index contributed by atoms with van der Waals surface area (Å²) in [5.74, 6) is -0.404. The molecule has 1 aromatic carbocycles. The Morgan fingerprint density at radius 1 is 1.48 bits per heavy atom. The lowest BCUT2D eigenvalue weighted by molar-refractivity contribution is -0.384. The van der Waals surface area contributed by atoms with Crippen molar-refractivity contribution < 1.29 is 9.72 Å². The second-order valence-electron chi connectivity index (χ2n) is 4.31. The van der Waals surface area contributed by atoms with Crippen LogP contribution in [0.4, 0.5) is 5.69 Å². The molecule has 0 fully saturated rings. The molecule has 0 radical (unpaired) electrons. The number of benzene rings is 1. The van der Waals surface area contributed by atoms with Crippen LogP contribution in [0.3, 0.4) is 0 Å². The van der Waals surface area contributed by atoms with Gasteiger partial charge >= 0.3 is 0 Å². The molecule has 0 N–H and O–H groups in total. The molecule has 0 spiro atoms. The first-order chi connectivity index (χ1) is 9.90. The van der Waals surface area contributed by atoms with Gasteiger partial charge in [-0.05, 0) is 22.9 Å². The average molecular weight is 352 g/mol. The molecule has 108 valence electrons. The maximum Gasteiger partial charge on any atom is 0.270 e. The Bertz CT molecular complexity index is 785. The van der Waals surface area contributed by atoms with Crippen LogP contribution in [0.25, 0.3) is 0 Å². The highest BCUT2D eigenvalue weighted by molar-refractivity contribution is 9.10. The highest BCUT2D eigenvalue weighted by Crippen LogP contribution is 2.14. The fourth-order valence-corrected chi connectivity index (χ4v) is 2.03. The minimum atomic E-state index is -0.576. The number of rotatable bonds is 4. The number of ketones is 1. The van der Waals surface area contributed by atoms with Gasteiger partial charge in [0.05, 0.1) is 23.5 Å². The fraction of sp³-hybridized carbons (Fsp3) is 0.154. The number of halogens is 1. The maximum atomic E-state index is 12.1. The summed E-state index contributed by atoms with van der Waals surface area (Å²) in [6.45, 7) is 1.43. The number of aryl methyl sites for hydroxylation is 1. The zero-order chi connectivity index (χ0) is 15.6. The molecular formula is C13H10BrN3O4. The van der Waals surface area contributed by atoms with E-state index in [2.05, 4.69) is 20.9 Å². The summed E-state index contributed by atoms with van der Waals surface area (Å²) in [5.41, 5.74) is 0.157. The van der Waals surface area contributed by atoms with Crippen LogP contribution >= 0.6 is 15.9 Å². The van der Waals surface area contributed by atoms with Crippen LogP contribution in [0.15, 0.2) is 39.9 Å². The van der Waals surface area contributed by atoms with Crippen molar-refractivity contribution in [3.8, 4) is 0 Å². The van der Waals surface area contributed by atoms with Gasteiger partial charge in [-0.1, -0.05) is 12.1 Å². The second kappa shape index (κ2) is 5.96. The van der Waals surface area contributed by atoms with Crippen LogP contribution < -0.4 is 5.56 Å². The Morgan fingerprint density at radius 3 is 2.86 bits per heavy atom. The van der Waals surface area contributed by atoms with Crippen molar-refractivity contribution in [2.45, 2.75) is 13.5 Å². The third kappa shape index (κ3) is 3.22. The normalized spacial score (nSPS) is 10.4. The molecule has 8 heteroatoms. The summed E-state index contributed by atoms with van der Waals surface area (Å²) >= 11 is 3.11. The van der Waals surface area contributed by atoms with E-state index in [4.69, 9.17) is 0 Å². The molecule has 2 rings (SSSR count). The Kier molecular flexibility index (Phi) is 4.27. The second-order valence-corrected chi connectivity index (χ2v) is 5.10. The Morgan fingerprint density at radius 2 is 2.19 bits per heavy atom. The van der Waals surface area contributed by atoms with Crippen LogP contribution in [0.1, 0.15) is 16.1 Å². The largest absolute Gasteiger partial charge is 0.292 e. The predicted octanol–water partition coefficient (Wildman–Crippen LogP) is 2.11. The maximum absolute atomic E-state index is 12.1. The molecule has 2 aromatic rings. The Labute approximate surface area is 127 Å². The smallest absolute Gasteiger partial charge is 0.270 e. The number of carbonyl (C=O) groups excluding carboxylic acids is 1. The first-order valence-electron chi connectivity index (χ1n) is 5.89. The minimum Gasteiger partial charge on any atom is -0.292 e. The van der Waals surface area contributed by atoms with Crippen molar-refractivity contribution in [3.05, 3.63) is 66.8 Å². The molecule has 0 atom stereocenters. The summed E-state index contributed by atoms with van der Waals surface area (Å²) in [6.07, 6.45) is 1.28. The molecule has 0 bridgehead atoms. The van der Waals surface area contributed by atoms with E-state index in [-0.39, 0.29) is 27.8 Å². The van der Waals surface area contributed by atoms with E-state index in [1.807, 2.05) is 0 Å². The summed E-state index contributed by atoms with van der Waals surface area (Å²) in [6, 6.07) is 5.38. The number of nitro groups is 1. The fourth-order valence-electron chi connectivity index (χ4n) is 1.70. The van der Waals surface area contributed by atoms with Crippen molar-refractivity contribution in [2.24, 2.45) is 0 Å². The van der Waals surface area contributed by atoms with Gasteiger partial charge in [-0.15, -0.1) is 0 Å². The molecule has 0 aliphatic carbocycles. The minimum absolute atomic E-state index is 0.170. The number of hydrogen-bond acceptors (Lipinski definition) is 5. The topological polar surface area (TPSA) is 95.1 Å². The molecule has 0 unspecified atom stereocenters. The highest BCUT2D eigenvalue weighted by atomic mass is 79.9. The summed E-state index contributed by atoms with van der Waals surface area (Å²) in [5, 5.41) is 10.7. The zero-order valence-electron chi connectivity index (χ0n) is 10.9. The standard InChI is InChI=1S/C13H10BrN3O4/c1-8-12(14)13(19)16(7-15-8)6-11(18)9-3-2-4-10(5-9)17(20)21/h2-5,7H,6H2,1H3. The van der Waals surface area contributed by atoms with Crippen LogP contribution in [0.2, 0.25) is 0 Å². The van der Waals surface area contributed by atoms with Gasteiger partial charge in [0, 0.05) is 17.7 Å². The molecule has 0 saturated carbocycles. The van der Waals surface area contributed by atoms with Crippen LogP contribution in [0, 0.1) is 17.0 Å². The molecule has 1 heterocycles. The Hall–Kier alpha value is -2.35. The van der Waals surface area contributed by atoms with E-state index >= 15 is 0 Å². The summed E-state index contributed by atoms with van der Waals surface area (Å²) < 4.78 is 1.44. The summed E-state index contributed by atoms with van der Waals surface area (Å²) in [7, 11) is 0. The first kappa shape index (κ1) is 15.0. The van der Waals surface area contributed by atoms with E-state index in [1.165, 1.54) is 30.6 Å². The molecule has 0 amide bonds. The quantitative estimate of drug-likeness (QED) is 0.477. The average Bonchev–Trinajstić information content (AvgIpc) is 2.48. The molecule has 7 nitrogen and oxygen atoms in total. The molecular weight excluding hydrogens is 342 g/mol. The van der Waals surface area contributed by atoms with Gasteiger partial charge in [0.15, 0.2) is 5.78 Å². The van der Waals surface area contributed by atoms with E-state index in [9.17, 15) is 19.7 Å². The van der Waals surface area contributed by atoms with E-state index in [0.29, 0.717) is 5.69 Å². The lowest BCUT2D eigenvalue weighted by Crippen LogP contribution is -2.25. The van der Waals surface area contributed by atoms with Crippen LogP contribution in [0.5, 0.6) is 0 Å². The van der Waals surface area contributed by atoms with Crippen molar-refractivity contribution in [3.63, 3.8) is 0 Å². The molecule has 21 heavy (non-hydrogen) atoms. The third-order valence-electron chi connectivity index (χ3n) is 2.85. The number of non-ortho nitro benzene ring substituents is 1. The van der Waals surface area contributed by atoms with Crippen molar-refractivity contribution in [1.29, 1.82) is 0 Å². The van der Waals surface area contributed by atoms with Crippen molar-refractivity contribution in [1.82, 2.24) is 9.55 Å². The molecule has 1 aromatic heterocycles. The monoisotopic (exact) mass is 351 g/mol. The van der Waals surface area contributed by atoms with E-state index < -0.39 is 10.7 Å². The SMILES string of the molecule is Cc1ncn(CC(=O)c2cccc([N+](=O)[O-])c2)c(=O)c1Br. The van der Waals surface area contributed by atoms with Gasteiger partial charge in [-0.25, -0.2) is 4.98 Å². The van der Waals surface area contributed by atoms with Gasteiger partial charge in [0.1, 0.15) is 4.47 Å². The van der Waals surface area contributed by atoms with E-state index in [1.54, 1.807) is 6.92 Å². The number of nitrogens with zero attached hydrogens (tertiary/aromatic N) is 3. The molecule has 0 saturated heterocycles. The van der Waals surface area contributed by atoms with Gasteiger partial charge in [-0.2, -0.15) is 0 Å². The van der Waals surface area contributed by atoms with Crippen molar-refractivity contribution in [2.75, 3.05) is 0 Å². The number of carbonyl (C=O) groups is 1. The van der Waals surface area contributed by atoms with E-state index in [0.717, 1.165) is 4.57 Å². The van der Waals surface area contributed by atoms with Gasteiger partial charge in [-0.3, -0.25) is 24.3 Å². The first-order valence-corrected chi connectivity index (χ1v) is 6.68. The number of Topliss-reactive ketones (excluding diaryl/α,β-unsaturated/α-hetero) is 1. The Balaban J connectivity index is 2.31. The van der Waals surface area contributed by atoms with Crippen LogP contribution in [-0.4, -0.2) is 20.3 Å². The van der Waals surface area contributed by atoms with Crippen molar-refractivity contribution >= 4 is 27.4 Å². The third-order valence-corrected chi connectivity index (χ3v) is 3.76. The lowest BCUT2D eigenvalue weighted by atomic mass is 10.1.